The van der Waals surface area contributed by atoms with Gasteiger partial charge in [0.2, 0.25) is 0 Å². The van der Waals surface area contributed by atoms with Crippen molar-refractivity contribution in [3.05, 3.63) is 35.4 Å². The Morgan fingerprint density at radius 2 is 1.89 bits per heavy atom. The molecule has 0 bridgehead atoms. The molecule has 2 rings (SSSR count). The largest absolute Gasteiger partial charge is 0.305 e. The van der Waals surface area contributed by atoms with Crippen molar-refractivity contribution in [2.75, 3.05) is 27.2 Å². The van der Waals surface area contributed by atoms with Crippen LogP contribution in [0.15, 0.2) is 24.3 Å². The zero-order valence-electron chi connectivity index (χ0n) is 12.2. The Balaban J connectivity index is 1.90. The minimum Gasteiger partial charge on any atom is -0.305 e. The number of nitrogens with zero attached hydrogens (tertiary/aromatic N) is 2. The van der Waals surface area contributed by atoms with E-state index in [1.54, 1.807) is 0 Å². The van der Waals surface area contributed by atoms with Crippen molar-refractivity contribution in [2.45, 2.75) is 38.8 Å². The van der Waals surface area contributed by atoms with Gasteiger partial charge in [0.05, 0.1) is 0 Å². The fourth-order valence-electron chi connectivity index (χ4n) is 2.64. The summed E-state index contributed by atoms with van der Waals surface area (Å²) in [5.74, 6) is 0.629. The van der Waals surface area contributed by atoms with Gasteiger partial charge in [-0.2, -0.15) is 0 Å². The molecule has 1 unspecified atom stereocenters. The summed E-state index contributed by atoms with van der Waals surface area (Å²) in [4.78, 5) is 4.91. The van der Waals surface area contributed by atoms with Crippen LogP contribution in [0.25, 0.3) is 0 Å². The first-order valence-electron chi connectivity index (χ1n) is 7.04. The zero-order valence-corrected chi connectivity index (χ0v) is 12.2. The lowest BCUT2D eigenvalue weighted by atomic mass is 10.0. The van der Waals surface area contributed by atoms with E-state index in [1.165, 1.54) is 30.6 Å². The van der Waals surface area contributed by atoms with E-state index in [9.17, 15) is 0 Å². The molecule has 0 aromatic heterocycles. The van der Waals surface area contributed by atoms with Crippen molar-refractivity contribution in [1.29, 1.82) is 0 Å². The topological polar surface area (TPSA) is 6.48 Å². The van der Waals surface area contributed by atoms with Crippen LogP contribution < -0.4 is 0 Å². The molecule has 2 nitrogen and oxygen atoms in total. The molecular formula is C16H26N2. The maximum atomic E-state index is 2.56. The molecule has 1 heterocycles. The van der Waals surface area contributed by atoms with Crippen LogP contribution in [-0.4, -0.2) is 43.0 Å². The second-order valence-corrected chi connectivity index (χ2v) is 6.04. The minimum absolute atomic E-state index is 0.629. The average molecular weight is 246 g/mol. The number of likely N-dealkylation sites (N-methyl/N-ethyl adjacent to an activating group) is 1. The number of rotatable bonds is 4. The van der Waals surface area contributed by atoms with E-state index < -0.39 is 0 Å². The smallest absolute Gasteiger partial charge is 0.0234 e. The molecule has 0 N–H and O–H groups in total. The lowest BCUT2D eigenvalue weighted by Gasteiger charge is -2.20. The second-order valence-electron chi connectivity index (χ2n) is 6.04. The van der Waals surface area contributed by atoms with Crippen LogP contribution in [0, 0.1) is 0 Å². The third-order valence-electron chi connectivity index (χ3n) is 4.03. The molecule has 18 heavy (non-hydrogen) atoms. The van der Waals surface area contributed by atoms with E-state index in [-0.39, 0.29) is 0 Å². The third kappa shape index (κ3) is 3.33. The van der Waals surface area contributed by atoms with E-state index >= 15 is 0 Å². The van der Waals surface area contributed by atoms with Gasteiger partial charge in [0, 0.05) is 25.7 Å². The van der Waals surface area contributed by atoms with Gasteiger partial charge in [-0.05, 0) is 37.6 Å². The molecule has 1 atom stereocenters. The molecule has 1 aliphatic rings. The Kier molecular flexibility index (Phi) is 4.41. The molecule has 2 heteroatoms. The Labute approximate surface area is 112 Å². The van der Waals surface area contributed by atoms with Crippen LogP contribution in [0.5, 0.6) is 0 Å². The predicted molar refractivity (Wildman–Crippen MR) is 77.9 cm³/mol. The molecule has 1 fully saturated rings. The zero-order chi connectivity index (χ0) is 13.1. The van der Waals surface area contributed by atoms with Crippen molar-refractivity contribution >= 4 is 0 Å². The molecule has 1 aliphatic heterocycles. The van der Waals surface area contributed by atoms with Crippen LogP contribution in [-0.2, 0) is 6.54 Å². The van der Waals surface area contributed by atoms with E-state index in [0.29, 0.717) is 5.92 Å². The molecule has 0 aliphatic carbocycles. The van der Waals surface area contributed by atoms with Gasteiger partial charge in [-0.3, -0.25) is 4.90 Å². The SMILES string of the molecule is CC(C)c1ccc(CN2CCC(N(C)C)C2)cc1. The second kappa shape index (κ2) is 5.85. The van der Waals surface area contributed by atoms with Gasteiger partial charge in [-0.15, -0.1) is 0 Å². The number of likely N-dealkylation sites (tertiary alicyclic amines) is 1. The highest BCUT2D eigenvalue weighted by Crippen LogP contribution is 2.18. The van der Waals surface area contributed by atoms with Gasteiger partial charge < -0.3 is 4.90 Å². The van der Waals surface area contributed by atoms with E-state index in [2.05, 4.69) is 62.0 Å². The lowest BCUT2D eigenvalue weighted by Crippen LogP contribution is -2.31. The Hall–Kier alpha value is -0.860. The van der Waals surface area contributed by atoms with Crippen molar-refractivity contribution in [3.8, 4) is 0 Å². The molecule has 0 amide bonds. The summed E-state index contributed by atoms with van der Waals surface area (Å²) >= 11 is 0. The van der Waals surface area contributed by atoms with Crippen molar-refractivity contribution in [3.63, 3.8) is 0 Å². The van der Waals surface area contributed by atoms with Crippen LogP contribution in [0.4, 0.5) is 0 Å². The highest BCUT2D eigenvalue weighted by Gasteiger charge is 2.23. The van der Waals surface area contributed by atoms with Crippen LogP contribution in [0.3, 0.4) is 0 Å². The van der Waals surface area contributed by atoms with E-state index in [1.807, 2.05) is 0 Å². The van der Waals surface area contributed by atoms with Crippen molar-refractivity contribution < 1.29 is 0 Å². The number of benzene rings is 1. The fourth-order valence-corrected chi connectivity index (χ4v) is 2.64. The van der Waals surface area contributed by atoms with E-state index in [4.69, 9.17) is 0 Å². The molecule has 1 aromatic carbocycles. The Morgan fingerprint density at radius 1 is 1.22 bits per heavy atom. The minimum atomic E-state index is 0.629. The summed E-state index contributed by atoms with van der Waals surface area (Å²) < 4.78 is 0. The van der Waals surface area contributed by atoms with Gasteiger partial charge >= 0.3 is 0 Å². The first-order valence-corrected chi connectivity index (χ1v) is 7.04. The lowest BCUT2D eigenvalue weighted by molar-refractivity contribution is 0.264. The number of hydrogen-bond acceptors (Lipinski definition) is 2. The highest BCUT2D eigenvalue weighted by atomic mass is 15.2. The summed E-state index contributed by atoms with van der Waals surface area (Å²) in [5, 5.41) is 0. The molecular weight excluding hydrogens is 220 g/mol. The monoisotopic (exact) mass is 246 g/mol. The highest BCUT2D eigenvalue weighted by molar-refractivity contribution is 5.24. The predicted octanol–water partition coefficient (Wildman–Crippen LogP) is 2.95. The quantitative estimate of drug-likeness (QED) is 0.806. The molecule has 100 valence electrons. The summed E-state index contributed by atoms with van der Waals surface area (Å²) in [5.41, 5.74) is 2.88. The Bertz CT molecular complexity index is 367. The fraction of sp³-hybridized carbons (Fsp3) is 0.625. The number of hydrogen-bond donors (Lipinski definition) is 0. The maximum Gasteiger partial charge on any atom is 0.0234 e. The van der Waals surface area contributed by atoms with Gasteiger partial charge in [-0.25, -0.2) is 0 Å². The van der Waals surface area contributed by atoms with Crippen LogP contribution >= 0.6 is 0 Å². The van der Waals surface area contributed by atoms with Crippen molar-refractivity contribution in [2.24, 2.45) is 0 Å². The van der Waals surface area contributed by atoms with Crippen LogP contribution in [0.2, 0.25) is 0 Å². The molecule has 0 spiro atoms. The Morgan fingerprint density at radius 3 is 2.39 bits per heavy atom. The molecule has 1 aromatic rings. The van der Waals surface area contributed by atoms with Gasteiger partial charge in [0.1, 0.15) is 0 Å². The average Bonchev–Trinajstić information content (AvgIpc) is 2.78. The first-order chi connectivity index (χ1) is 8.56. The first kappa shape index (κ1) is 13.6. The summed E-state index contributed by atoms with van der Waals surface area (Å²) in [6.07, 6.45) is 1.30. The van der Waals surface area contributed by atoms with E-state index in [0.717, 1.165) is 12.6 Å². The van der Waals surface area contributed by atoms with Gasteiger partial charge in [-0.1, -0.05) is 38.1 Å². The van der Waals surface area contributed by atoms with Crippen molar-refractivity contribution in [1.82, 2.24) is 9.80 Å². The maximum absolute atomic E-state index is 2.56. The normalized spacial score (nSPS) is 21.1. The van der Waals surface area contributed by atoms with Gasteiger partial charge in [0.15, 0.2) is 0 Å². The third-order valence-corrected chi connectivity index (χ3v) is 4.03. The van der Waals surface area contributed by atoms with Crippen LogP contribution in [0.1, 0.15) is 37.3 Å². The molecule has 0 radical (unpaired) electrons. The standard InChI is InChI=1S/C16H26N2/c1-13(2)15-7-5-14(6-8-15)11-18-10-9-16(12-18)17(3)4/h5-8,13,16H,9-12H2,1-4H3. The molecule has 1 saturated heterocycles. The van der Waals surface area contributed by atoms with Gasteiger partial charge in [0.25, 0.3) is 0 Å². The summed E-state index contributed by atoms with van der Waals surface area (Å²) in [6.45, 7) is 8.03. The summed E-state index contributed by atoms with van der Waals surface area (Å²) in [6, 6.07) is 9.87. The summed E-state index contributed by atoms with van der Waals surface area (Å²) in [7, 11) is 4.37. The molecule has 0 saturated carbocycles.